The summed E-state index contributed by atoms with van der Waals surface area (Å²) < 4.78 is -1.20. The molecule has 0 fully saturated rings. The molecule has 7 nitrogen and oxygen atoms in total. The highest BCUT2D eigenvalue weighted by Gasteiger charge is 2.52. The topological polar surface area (TPSA) is 153 Å². The van der Waals surface area contributed by atoms with Gasteiger partial charge >= 0.3 is 25.9 Å². The number of hydrogen-bond acceptors (Lipinski definition) is 6. The minimum atomic E-state index is -1.69. The molecule has 7 radical (unpaired) electrons. The predicted molar refractivity (Wildman–Crippen MR) is 46.5 cm³/mol. The molecule has 0 saturated carbocycles. The van der Waals surface area contributed by atoms with E-state index in [1.54, 1.807) is 0 Å². The van der Waals surface area contributed by atoms with Crippen LogP contribution < -0.4 is 0 Å². The molecule has 8 heteroatoms. The van der Waals surface area contributed by atoms with Crippen LogP contribution in [0, 0.1) is 0 Å². The van der Waals surface area contributed by atoms with Crippen LogP contribution in [0.5, 0.6) is 0 Å². The number of aliphatic hydroxyl groups is 6. The number of rotatable bonds is 5. The van der Waals surface area contributed by atoms with Crippen molar-refractivity contribution < 1.29 is 36.1 Å². The first kappa shape index (κ1) is 16.9. The van der Waals surface area contributed by atoms with Gasteiger partial charge in [0.15, 0.2) is 6.10 Å². The second-order valence-electron chi connectivity index (χ2n) is 2.79. The van der Waals surface area contributed by atoms with Crippen molar-refractivity contribution >= 4 is 21.7 Å². The summed E-state index contributed by atoms with van der Waals surface area (Å²) in [5.74, 6) is 0. The molecular weight excluding hydrogens is 208 g/mol. The first-order valence-electron chi connectivity index (χ1n) is 3.76. The van der Waals surface area contributed by atoms with Crippen LogP contribution in [0.25, 0.3) is 0 Å². The van der Waals surface area contributed by atoms with Gasteiger partial charge in [0.1, 0.15) is 18.3 Å². The molecule has 0 amide bonds. The van der Waals surface area contributed by atoms with Gasteiger partial charge in [-0.05, 0) is 0 Å². The van der Waals surface area contributed by atoms with Gasteiger partial charge in [-0.25, -0.2) is 0 Å². The molecule has 0 aromatic rings. The molecule has 0 aromatic carbocycles. The zero-order valence-corrected chi connectivity index (χ0v) is 8.90. The monoisotopic (exact) mass is 223 g/mol. The first-order valence-corrected chi connectivity index (χ1v) is 4.57. The molecule has 8 N–H and O–H groups in total. The maximum atomic E-state index is 9.13. The Bertz CT molecular complexity index is 144. The van der Waals surface area contributed by atoms with Crippen LogP contribution in [0.15, 0.2) is 0 Å². The third-order valence-corrected chi connectivity index (χ3v) is 2.16. The third kappa shape index (κ3) is 4.82. The molecule has 0 spiro atoms. The fourth-order valence-electron chi connectivity index (χ4n) is 0.765. The minimum Gasteiger partial charge on any atom is -0.412 e. The first-order chi connectivity index (χ1) is 5.91. The third-order valence-electron chi connectivity index (χ3n) is 1.68. The lowest BCUT2D eigenvalue weighted by molar-refractivity contribution is -0.129. The molecule has 0 rings (SSSR count). The summed E-state index contributed by atoms with van der Waals surface area (Å²) >= 11 is 1.03. The van der Waals surface area contributed by atoms with E-state index < -0.39 is 35.3 Å². The van der Waals surface area contributed by atoms with E-state index in [-0.39, 0.29) is 5.48 Å². The Balaban J connectivity index is 0. The smallest absolute Gasteiger partial charge is 0.412 e. The van der Waals surface area contributed by atoms with E-state index in [0.717, 1.165) is 21.7 Å². The Morgan fingerprint density at radius 3 is 1.57 bits per heavy atom. The van der Waals surface area contributed by atoms with Gasteiger partial charge in [0.05, 0.1) is 6.61 Å². The van der Waals surface area contributed by atoms with Crippen LogP contribution in [0.3, 0.4) is 0 Å². The maximum Gasteiger partial charge on any atom is 1.45 e. The van der Waals surface area contributed by atoms with E-state index in [2.05, 4.69) is 0 Å². The summed E-state index contributed by atoms with van der Waals surface area (Å²) in [6.45, 7) is -0.729. The molecule has 0 saturated heterocycles. The summed E-state index contributed by atoms with van der Waals surface area (Å²) in [6, 6.07) is 0. The Labute approximate surface area is 93.4 Å². The Morgan fingerprint density at radius 1 is 0.857 bits per heavy atom. The van der Waals surface area contributed by atoms with Crippen LogP contribution in [-0.4, -0.2) is 93.1 Å². The number of hydrogen-bond donors (Lipinski definition) is 6. The summed E-state index contributed by atoms with van der Waals surface area (Å²) in [5.41, 5.74) is 0. The van der Waals surface area contributed by atoms with Crippen LogP contribution in [-0.2, 0) is 0 Å². The van der Waals surface area contributed by atoms with Gasteiger partial charge < -0.3 is 36.1 Å². The Hall–Kier alpha value is 0.486. The predicted octanol–water partition coefficient (Wildman–Crippen LogP) is -4.92. The summed E-state index contributed by atoms with van der Waals surface area (Å²) in [5, 5.41) is 53.4. The van der Waals surface area contributed by atoms with E-state index in [1.807, 2.05) is 0 Å². The molecular formula is C6H15MgO7+2. The van der Waals surface area contributed by atoms with Gasteiger partial charge in [0.2, 0.25) is 0 Å². The van der Waals surface area contributed by atoms with Crippen LogP contribution in [0.1, 0.15) is 0 Å². The molecule has 14 heavy (non-hydrogen) atoms. The second kappa shape index (κ2) is 7.74. The Kier molecular flexibility index (Phi) is 9.34. The van der Waals surface area contributed by atoms with Crippen molar-refractivity contribution in [2.75, 3.05) is 6.61 Å². The van der Waals surface area contributed by atoms with E-state index in [4.69, 9.17) is 30.6 Å². The summed E-state index contributed by atoms with van der Waals surface area (Å²) in [4.78, 5) is 0. The molecule has 0 aliphatic rings. The average molecular weight is 223 g/mol. The van der Waals surface area contributed by atoms with Crippen LogP contribution in [0.2, 0.25) is 0 Å². The summed E-state index contributed by atoms with van der Waals surface area (Å²) in [7, 11) is 0. The second-order valence-corrected chi connectivity index (χ2v) is 3.63. The van der Waals surface area contributed by atoms with Crippen molar-refractivity contribution in [2.45, 2.75) is 28.6 Å². The van der Waals surface area contributed by atoms with Gasteiger partial charge in [-0.2, -0.15) is 0 Å². The Morgan fingerprint density at radius 2 is 1.29 bits per heavy atom. The lowest BCUT2D eigenvalue weighted by Gasteiger charge is -2.22. The van der Waals surface area contributed by atoms with Crippen molar-refractivity contribution in [2.24, 2.45) is 0 Å². The zero-order valence-electron chi connectivity index (χ0n) is 7.48. The highest BCUT2D eigenvalue weighted by Crippen LogP contribution is 2.06. The van der Waals surface area contributed by atoms with Crippen LogP contribution >= 0.6 is 0 Å². The molecule has 5 atom stereocenters. The zero-order chi connectivity index (χ0) is 10.6. The van der Waals surface area contributed by atoms with Gasteiger partial charge in [-0.1, -0.05) is 0 Å². The van der Waals surface area contributed by atoms with E-state index in [1.165, 1.54) is 0 Å². The van der Waals surface area contributed by atoms with E-state index >= 15 is 0 Å². The highest BCUT2D eigenvalue weighted by molar-refractivity contribution is 6.11. The highest BCUT2D eigenvalue weighted by atomic mass is 24.4. The van der Waals surface area contributed by atoms with Gasteiger partial charge in [-0.3, -0.25) is 0 Å². The van der Waals surface area contributed by atoms with Crippen molar-refractivity contribution in [3.8, 4) is 0 Å². The molecule has 0 heterocycles. The molecule has 1 unspecified atom stereocenters. The van der Waals surface area contributed by atoms with Crippen LogP contribution in [0.4, 0.5) is 0 Å². The average Bonchev–Trinajstić information content (AvgIpc) is 2.12. The van der Waals surface area contributed by atoms with Crippen molar-refractivity contribution in [1.29, 1.82) is 0 Å². The SMILES string of the molecule is O.OC[C@@H](O)[C@@H](O)[C@H](O)[C@@H](O)[CH](O)[Mg+2]. The van der Waals surface area contributed by atoms with Crippen molar-refractivity contribution in [1.82, 2.24) is 0 Å². The number of aliphatic hydroxyl groups excluding tert-OH is 6. The van der Waals surface area contributed by atoms with Gasteiger partial charge in [0.25, 0.3) is 0 Å². The fourth-order valence-corrected chi connectivity index (χ4v) is 1.04. The molecule has 0 aliphatic carbocycles. The normalized spacial score (nSPS) is 21.6. The quantitative estimate of drug-likeness (QED) is 0.257. The largest absolute Gasteiger partial charge is 1.45 e. The van der Waals surface area contributed by atoms with Crippen molar-refractivity contribution in [3.05, 3.63) is 0 Å². The minimum absolute atomic E-state index is 0. The van der Waals surface area contributed by atoms with E-state index in [0.29, 0.717) is 0 Å². The maximum absolute atomic E-state index is 9.13. The van der Waals surface area contributed by atoms with Gasteiger partial charge in [-0.15, -0.1) is 0 Å². The molecule has 0 aromatic heterocycles. The molecule has 0 bridgehead atoms. The lowest BCUT2D eigenvalue weighted by Crippen LogP contribution is -2.50. The molecule has 0 aliphatic heterocycles. The standard InChI is InChI=1S/C6H13O6.Mg.H2O/c7-1-3(9)5(11)6(12)4(10)2-8;;/h1,3-12H,2H2;;1H2/q;+2;/t3-,4+,5+,6+;;/m0../s1. The van der Waals surface area contributed by atoms with E-state index in [9.17, 15) is 0 Å². The summed E-state index contributed by atoms with van der Waals surface area (Å²) in [6.07, 6.45) is -6.45. The fraction of sp³-hybridized carbons (Fsp3) is 1.00. The lowest BCUT2D eigenvalue weighted by atomic mass is 10.0. The van der Waals surface area contributed by atoms with Crippen molar-refractivity contribution in [3.63, 3.8) is 0 Å². The molecule has 81 valence electrons. The van der Waals surface area contributed by atoms with Gasteiger partial charge in [0, 0.05) is 0 Å².